The van der Waals surface area contributed by atoms with E-state index in [9.17, 15) is 9.50 Å². The Hall–Kier alpha value is -2.41. The zero-order chi connectivity index (χ0) is 19.1. The van der Waals surface area contributed by atoms with Gasteiger partial charge in [-0.05, 0) is 42.5 Å². The van der Waals surface area contributed by atoms with Crippen molar-refractivity contribution >= 4 is 51.6 Å². The van der Waals surface area contributed by atoms with Gasteiger partial charge in [0.15, 0.2) is 0 Å². The zero-order valence-electron chi connectivity index (χ0n) is 13.7. The Morgan fingerprint density at radius 3 is 2.56 bits per heavy atom. The van der Waals surface area contributed by atoms with Gasteiger partial charge in [0.2, 0.25) is 0 Å². The van der Waals surface area contributed by atoms with Gasteiger partial charge in [-0.3, -0.25) is 5.41 Å². The molecule has 2 aromatic carbocycles. The number of anilines is 1. The summed E-state index contributed by atoms with van der Waals surface area (Å²) in [7, 11) is 0. The number of nitrogens with zero attached hydrogens (tertiary/aromatic N) is 2. The molecule has 0 amide bonds. The summed E-state index contributed by atoms with van der Waals surface area (Å²) in [6.45, 7) is 0.150. The molecule has 0 unspecified atom stereocenters. The number of benzene rings is 2. The Morgan fingerprint density at radius 1 is 1.11 bits per heavy atom. The van der Waals surface area contributed by atoms with E-state index in [1.165, 1.54) is 23.5 Å². The molecule has 4 rings (SSSR count). The largest absolute Gasteiger partial charge is 0.510 e. The summed E-state index contributed by atoms with van der Waals surface area (Å²) in [5.74, 6) is -0.124. The lowest BCUT2D eigenvalue weighted by molar-refractivity contribution is 0.411. The normalized spacial score (nSPS) is 14.3. The summed E-state index contributed by atoms with van der Waals surface area (Å²) in [5, 5.41) is 22.1. The van der Waals surface area contributed by atoms with E-state index in [1.807, 2.05) is 5.38 Å². The highest BCUT2D eigenvalue weighted by Gasteiger charge is 2.31. The standard InChI is InChI=1S/C19H12Cl2FN3OS/c20-13-6-5-12(7-14(13)21)25-8-16(26)17(18(25)23)19-24-15(9-27-19)10-1-3-11(22)4-2-10/h1-7,9,23,26H,8H2. The molecule has 1 aromatic heterocycles. The second-order valence-corrected chi connectivity index (χ2v) is 7.57. The Bertz CT molecular complexity index is 1080. The van der Waals surface area contributed by atoms with E-state index in [1.54, 1.807) is 35.2 Å². The Morgan fingerprint density at radius 2 is 1.85 bits per heavy atom. The fraction of sp³-hybridized carbons (Fsp3) is 0.0526. The van der Waals surface area contributed by atoms with Crippen molar-refractivity contribution in [3.63, 3.8) is 0 Å². The van der Waals surface area contributed by atoms with Gasteiger partial charge in [0, 0.05) is 16.6 Å². The summed E-state index contributed by atoms with van der Waals surface area (Å²) in [4.78, 5) is 6.15. The van der Waals surface area contributed by atoms with Crippen LogP contribution in [-0.4, -0.2) is 22.5 Å². The summed E-state index contributed by atoms with van der Waals surface area (Å²) in [5.41, 5.74) is 2.46. The van der Waals surface area contributed by atoms with Crippen molar-refractivity contribution in [2.75, 3.05) is 11.4 Å². The first kappa shape index (κ1) is 18.0. The van der Waals surface area contributed by atoms with E-state index in [-0.39, 0.29) is 24.0 Å². The number of hydrogen-bond acceptors (Lipinski definition) is 4. The minimum atomic E-state index is -0.315. The van der Waals surface area contributed by atoms with E-state index in [2.05, 4.69) is 4.98 Å². The van der Waals surface area contributed by atoms with Crippen molar-refractivity contribution in [2.24, 2.45) is 0 Å². The molecule has 0 bridgehead atoms. The lowest BCUT2D eigenvalue weighted by Gasteiger charge is -2.19. The second kappa shape index (κ2) is 6.96. The highest BCUT2D eigenvalue weighted by Crippen LogP contribution is 2.36. The Labute approximate surface area is 168 Å². The van der Waals surface area contributed by atoms with Gasteiger partial charge < -0.3 is 10.0 Å². The Kier molecular flexibility index (Phi) is 4.63. The molecular formula is C19H12Cl2FN3OS. The van der Waals surface area contributed by atoms with Gasteiger partial charge in [-0.1, -0.05) is 23.2 Å². The van der Waals surface area contributed by atoms with Crippen LogP contribution in [0.4, 0.5) is 10.1 Å². The van der Waals surface area contributed by atoms with Gasteiger partial charge in [-0.2, -0.15) is 0 Å². The SMILES string of the molecule is N=C1C(c2nc(-c3ccc(F)cc3)cs2)=C(O)CN1c1ccc(Cl)c(Cl)c1. The molecule has 0 spiro atoms. The van der Waals surface area contributed by atoms with Crippen molar-refractivity contribution in [3.05, 3.63) is 74.5 Å². The van der Waals surface area contributed by atoms with E-state index < -0.39 is 0 Å². The van der Waals surface area contributed by atoms with E-state index >= 15 is 0 Å². The Balaban J connectivity index is 1.64. The molecule has 136 valence electrons. The summed E-state index contributed by atoms with van der Waals surface area (Å²) >= 11 is 13.3. The highest BCUT2D eigenvalue weighted by molar-refractivity contribution is 7.11. The average molecular weight is 420 g/mol. The molecular weight excluding hydrogens is 408 g/mol. The molecule has 2 N–H and O–H groups in total. The lowest BCUT2D eigenvalue weighted by atomic mass is 10.2. The molecule has 2 heterocycles. The smallest absolute Gasteiger partial charge is 0.139 e. The number of hydrogen-bond donors (Lipinski definition) is 2. The molecule has 0 fully saturated rings. The number of rotatable bonds is 3. The highest BCUT2D eigenvalue weighted by atomic mass is 35.5. The van der Waals surface area contributed by atoms with Crippen LogP contribution in [-0.2, 0) is 0 Å². The summed E-state index contributed by atoms with van der Waals surface area (Å²) < 4.78 is 13.1. The number of halogens is 3. The van der Waals surface area contributed by atoms with Crippen LogP contribution in [0.5, 0.6) is 0 Å². The van der Waals surface area contributed by atoms with Crippen LogP contribution in [0.2, 0.25) is 10.0 Å². The molecule has 3 aromatic rings. The first-order valence-electron chi connectivity index (χ1n) is 7.89. The summed E-state index contributed by atoms with van der Waals surface area (Å²) in [6.07, 6.45) is 0. The van der Waals surface area contributed by atoms with Crippen molar-refractivity contribution in [3.8, 4) is 11.3 Å². The van der Waals surface area contributed by atoms with Crippen LogP contribution >= 0.6 is 34.5 Å². The molecule has 1 aliphatic heterocycles. The van der Waals surface area contributed by atoms with Crippen molar-refractivity contribution in [1.82, 2.24) is 4.98 Å². The van der Waals surface area contributed by atoms with Crippen LogP contribution in [0.1, 0.15) is 5.01 Å². The van der Waals surface area contributed by atoms with Crippen molar-refractivity contribution < 1.29 is 9.50 Å². The van der Waals surface area contributed by atoms with Gasteiger partial charge in [0.05, 0.1) is 27.9 Å². The third kappa shape index (κ3) is 3.32. The molecule has 1 aliphatic rings. The molecule has 27 heavy (non-hydrogen) atoms. The van der Waals surface area contributed by atoms with Crippen LogP contribution in [0, 0.1) is 11.2 Å². The van der Waals surface area contributed by atoms with Crippen LogP contribution in [0.3, 0.4) is 0 Å². The van der Waals surface area contributed by atoms with Gasteiger partial charge in [0.1, 0.15) is 22.4 Å². The first-order chi connectivity index (χ1) is 12.9. The van der Waals surface area contributed by atoms with E-state index in [0.29, 0.717) is 32.0 Å². The van der Waals surface area contributed by atoms with Crippen LogP contribution in [0.25, 0.3) is 16.8 Å². The topological polar surface area (TPSA) is 60.2 Å². The number of aromatic nitrogens is 1. The second-order valence-electron chi connectivity index (χ2n) is 5.90. The summed E-state index contributed by atoms with van der Waals surface area (Å²) in [6, 6.07) is 11.1. The van der Waals surface area contributed by atoms with E-state index in [0.717, 1.165) is 5.56 Å². The minimum Gasteiger partial charge on any atom is -0.510 e. The number of nitrogens with one attached hydrogen (secondary N) is 1. The predicted molar refractivity (Wildman–Crippen MR) is 109 cm³/mol. The van der Waals surface area contributed by atoms with E-state index in [4.69, 9.17) is 28.6 Å². The first-order valence-corrected chi connectivity index (χ1v) is 9.53. The average Bonchev–Trinajstić information content (AvgIpc) is 3.22. The van der Waals surface area contributed by atoms with Gasteiger partial charge in [-0.25, -0.2) is 9.37 Å². The van der Waals surface area contributed by atoms with Crippen molar-refractivity contribution in [2.45, 2.75) is 0 Å². The number of amidine groups is 1. The van der Waals surface area contributed by atoms with Gasteiger partial charge in [-0.15, -0.1) is 11.3 Å². The molecule has 8 heteroatoms. The quantitative estimate of drug-likeness (QED) is 0.545. The number of thiazole rings is 1. The molecule has 0 atom stereocenters. The molecule has 4 nitrogen and oxygen atoms in total. The third-order valence-corrected chi connectivity index (χ3v) is 5.77. The molecule has 0 saturated heterocycles. The fourth-order valence-electron chi connectivity index (χ4n) is 2.82. The number of aliphatic hydroxyl groups excluding tert-OH is 1. The van der Waals surface area contributed by atoms with Gasteiger partial charge >= 0.3 is 0 Å². The molecule has 0 radical (unpaired) electrons. The number of aliphatic hydroxyl groups is 1. The predicted octanol–water partition coefficient (Wildman–Crippen LogP) is 6.02. The maximum atomic E-state index is 13.1. The fourth-order valence-corrected chi connectivity index (χ4v) is 4.01. The zero-order valence-corrected chi connectivity index (χ0v) is 16.0. The monoisotopic (exact) mass is 419 g/mol. The molecule has 0 saturated carbocycles. The van der Waals surface area contributed by atoms with Crippen LogP contribution < -0.4 is 4.90 Å². The minimum absolute atomic E-state index is 0.0612. The van der Waals surface area contributed by atoms with Gasteiger partial charge in [0.25, 0.3) is 0 Å². The van der Waals surface area contributed by atoms with Crippen LogP contribution in [0.15, 0.2) is 53.6 Å². The lowest BCUT2D eigenvalue weighted by Crippen LogP contribution is -2.25. The third-order valence-electron chi connectivity index (χ3n) is 4.18. The maximum absolute atomic E-state index is 13.1. The maximum Gasteiger partial charge on any atom is 0.139 e. The van der Waals surface area contributed by atoms with Crippen molar-refractivity contribution in [1.29, 1.82) is 5.41 Å². The molecule has 0 aliphatic carbocycles.